The van der Waals surface area contributed by atoms with E-state index in [1.54, 1.807) is 0 Å². The van der Waals surface area contributed by atoms with E-state index in [4.69, 9.17) is 4.52 Å². The SMILES string of the molecule is CC(C)c1cc(Br)no1. The van der Waals surface area contributed by atoms with E-state index in [0.717, 1.165) is 10.4 Å². The minimum Gasteiger partial charge on any atom is -0.360 e. The normalized spacial score (nSPS) is 10.7. The molecule has 0 bridgehead atoms. The molecule has 1 aromatic heterocycles. The lowest BCUT2D eigenvalue weighted by atomic mass is 10.2. The first-order valence-electron chi connectivity index (χ1n) is 2.82. The van der Waals surface area contributed by atoms with E-state index < -0.39 is 0 Å². The molecule has 1 aromatic rings. The highest BCUT2D eigenvalue weighted by Crippen LogP contribution is 2.17. The quantitative estimate of drug-likeness (QED) is 0.680. The fourth-order valence-corrected chi connectivity index (χ4v) is 0.836. The maximum Gasteiger partial charge on any atom is 0.149 e. The zero-order valence-corrected chi connectivity index (χ0v) is 6.97. The first-order chi connectivity index (χ1) is 4.20. The van der Waals surface area contributed by atoms with Gasteiger partial charge in [-0.1, -0.05) is 19.0 Å². The first-order valence-corrected chi connectivity index (χ1v) is 3.61. The Morgan fingerprint density at radius 1 is 1.67 bits per heavy atom. The average molecular weight is 190 g/mol. The van der Waals surface area contributed by atoms with E-state index in [9.17, 15) is 0 Å². The molecule has 9 heavy (non-hydrogen) atoms. The molecule has 0 spiro atoms. The molecular formula is C6H8BrNO. The zero-order chi connectivity index (χ0) is 6.85. The van der Waals surface area contributed by atoms with E-state index in [0.29, 0.717) is 5.92 Å². The zero-order valence-electron chi connectivity index (χ0n) is 5.39. The molecule has 0 unspecified atom stereocenters. The minimum absolute atomic E-state index is 0.420. The second-order valence-corrected chi connectivity index (χ2v) is 3.02. The third-order valence-corrected chi connectivity index (χ3v) is 1.44. The van der Waals surface area contributed by atoms with Crippen LogP contribution < -0.4 is 0 Å². The monoisotopic (exact) mass is 189 g/mol. The van der Waals surface area contributed by atoms with Gasteiger partial charge in [-0.3, -0.25) is 0 Å². The van der Waals surface area contributed by atoms with E-state index in [1.165, 1.54) is 0 Å². The van der Waals surface area contributed by atoms with Crippen LogP contribution in [0.4, 0.5) is 0 Å². The lowest BCUT2D eigenvalue weighted by Gasteiger charge is -1.92. The second-order valence-electron chi connectivity index (χ2n) is 2.21. The Kier molecular flexibility index (Phi) is 1.90. The molecule has 0 fully saturated rings. The highest BCUT2D eigenvalue weighted by molar-refractivity contribution is 9.10. The molecule has 50 valence electrons. The molecule has 0 aromatic carbocycles. The van der Waals surface area contributed by atoms with Crippen LogP contribution in [0.5, 0.6) is 0 Å². The average Bonchev–Trinajstić information content (AvgIpc) is 2.14. The molecule has 3 heteroatoms. The Labute approximate surface area is 62.4 Å². The summed E-state index contributed by atoms with van der Waals surface area (Å²) < 4.78 is 5.70. The van der Waals surface area contributed by atoms with Crippen molar-refractivity contribution in [2.24, 2.45) is 0 Å². The van der Waals surface area contributed by atoms with Crippen LogP contribution in [0.2, 0.25) is 0 Å². The number of rotatable bonds is 1. The summed E-state index contributed by atoms with van der Waals surface area (Å²) in [5, 5.41) is 3.68. The van der Waals surface area contributed by atoms with Crippen molar-refractivity contribution < 1.29 is 4.52 Å². The van der Waals surface area contributed by atoms with Crippen LogP contribution >= 0.6 is 15.9 Å². The molecule has 0 saturated carbocycles. The topological polar surface area (TPSA) is 26.0 Å². The Balaban J connectivity index is 2.85. The molecule has 0 aliphatic carbocycles. The Morgan fingerprint density at radius 2 is 2.33 bits per heavy atom. The van der Waals surface area contributed by atoms with Gasteiger partial charge in [-0.25, -0.2) is 0 Å². The molecular weight excluding hydrogens is 182 g/mol. The molecule has 0 N–H and O–H groups in total. The highest BCUT2D eigenvalue weighted by Gasteiger charge is 2.04. The maximum absolute atomic E-state index is 4.93. The van der Waals surface area contributed by atoms with E-state index in [2.05, 4.69) is 34.9 Å². The summed E-state index contributed by atoms with van der Waals surface area (Å²) in [6.07, 6.45) is 0. The van der Waals surface area contributed by atoms with E-state index >= 15 is 0 Å². The number of nitrogens with zero attached hydrogens (tertiary/aromatic N) is 1. The van der Waals surface area contributed by atoms with Gasteiger partial charge >= 0.3 is 0 Å². The molecule has 0 aliphatic rings. The molecule has 0 aliphatic heterocycles. The third-order valence-electron chi connectivity index (χ3n) is 1.07. The Hall–Kier alpha value is -0.310. The summed E-state index contributed by atoms with van der Waals surface area (Å²) in [6.45, 7) is 4.12. The number of hydrogen-bond acceptors (Lipinski definition) is 2. The van der Waals surface area contributed by atoms with Crippen LogP contribution in [-0.4, -0.2) is 5.16 Å². The van der Waals surface area contributed by atoms with Crippen molar-refractivity contribution in [3.8, 4) is 0 Å². The van der Waals surface area contributed by atoms with Crippen LogP contribution in [0.3, 0.4) is 0 Å². The van der Waals surface area contributed by atoms with E-state index in [1.807, 2.05) is 6.07 Å². The Morgan fingerprint density at radius 3 is 2.56 bits per heavy atom. The summed E-state index contributed by atoms with van der Waals surface area (Å²) in [6, 6.07) is 1.88. The van der Waals surface area contributed by atoms with Crippen molar-refractivity contribution in [1.82, 2.24) is 5.16 Å². The van der Waals surface area contributed by atoms with Crippen LogP contribution in [0.15, 0.2) is 15.2 Å². The minimum atomic E-state index is 0.420. The molecule has 0 atom stereocenters. The van der Waals surface area contributed by atoms with Crippen molar-refractivity contribution in [2.45, 2.75) is 19.8 Å². The van der Waals surface area contributed by atoms with Gasteiger partial charge < -0.3 is 4.52 Å². The fraction of sp³-hybridized carbons (Fsp3) is 0.500. The number of halogens is 1. The number of hydrogen-bond donors (Lipinski definition) is 0. The van der Waals surface area contributed by atoms with Crippen LogP contribution in [-0.2, 0) is 0 Å². The summed E-state index contributed by atoms with van der Waals surface area (Å²) in [4.78, 5) is 0. The van der Waals surface area contributed by atoms with Crippen molar-refractivity contribution in [1.29, 1.82) is 0 Å². The van der Waals surface area contributed by atoms with Gasteiger partial charge in [0.15, 0.2) is 0 Å². The number of aromatic nitrogens is 1. The molecule has 1 rings (SSSR count). The van der Waals surface area contributed by atoms with Gasteiger partial charge in [-0.05, 0) is 15.9 Å². The standard InChI is InChI=1S/C6H8BrNO/c1-4(2)5-3-6(7)8-9-5/h3-4H,1-2H3. The second kappa shape index (κ2) is 2.52. The van der Waals surface area contributed by atoms with Crippen molar-refractivity contribution >= 4 is 15.9 Å². The van der Waals surface area contributed by atoms with E-state index in [-0.39, 0.29) is 0 Å². The molecule has 0 amide bonds. The van der Waals surface area contributed by atoms with Crippen LogP contribution in [0, 0.1) is 0 Å². The van der Waals surface area contributed by atoms with Gasteiger partial charge in [0.1, 0.15) is 10.4 Å². The first kappa shape index (κ1) is 6.81. The largest absolute Gasteiger partial charge is 0.360 e. The van der Waals surface area contributed by atoms with Crippen molar-refractivity contribution in [2.75, 3.05) is 0 Å². The summed E-state index contributed by atoms with van der Waals surface area (Å²) in [7, 11) is 0. The van der Waals surface area contributed by atoms with Crippen molar-refractivity contribution in [3.05, 3.63) is 16.4 Å². The lowest BCUT2D eigenvalue weighted by molar-refractivity contribution is 0.368. The predicted molar refractivity (Wildman–Crippen MR) is 38.3 cm³/mol. The summed E-state index contributed by atoms with van der Waals surface area (Å²) in [5.74, 6) is 1.34. The van der Waals surface area contributed by atoms with Gasteiger partial charge in [-0.15, -0.1) is 0 Å². The highest BCUT2D eigenvalue weighted by atomic mass is 79.9. The van der Waals surface area contributed by atoms with Crippen LogP contribution in [0.1, 0.15) is 25.5 Å². The molecule has 2 nitrogen and oxygen atoms in total. The Bertz CT molecular complexity index is 195. The smallest absolute Gasteiger partial charge is 0.149 e. The van der Waals surface area contributed by atoms with Crippen molar-refractivity contribution in [3.63, 3.8) is 0 Å². The van der Waals surface area contributed by atoms with Gasteiger partial charge in [0, 0.05) is 12.0 Å². The van der Waals surface area contributed by atoms with Gasteiger partial charge in [0.05, 0.1) is 0 Å². The van der Waals surface area contributed by atoms with Gasteiger partial charge in [0.25, 0.3) is 0 Å². The molecule has 1 heterocycles. The van der Waals surface area contributed by atoms with Gasteiger partial charge in [-0.2, -0.15) is 0 Å². The van der Waals surface area contributed by atoms with Crippen LogP contribution in [0.25, 0.3) is 0 Å². The fourth-order valence-electron chi connectivity index (χ4n) is 0.538. The predicted octanol–water partition coefficient (Wildman–Crippen LogP) is 2.56. The molecule has 0 saturated heterocycles. The molecule has 0 radical (unpaired) electrons. The lowest BCUT2D eigenvalue weighted by Crippen LogP contribution is -1.79. The maximum atomic E-state index is 4.93. The van der Waals surface area contributed by atoms with Gasteiger partial charge in [0.2, 0.25) is 0 Å². The summed E-state index contributed by atoms with van der Waals surface area (Å²) >= 11 is 3.20. The third kappa shape index (κ3) is 1.55. The summed E-state index contributed by atoms with van der Waals surface area (Å²) in [5.41, 5.74) is 0.